The molecule has 0 aromatic rings. The van der Waals surface area contributed by atoms with Crippen molar-refractivity contribution in [3.8, 4) is 0 Å². The molecule has 4 fully saturated rings. The summed E-state index contributed by atoms with van der Waals surface area (Å²) in [6, 6.07) is -3.87. The minimum atomic E-state index is -1.57. The Bertz CT molecular complexity index is 906. The largest absolute Gasteiger partial charge is 0.394 e. The first-order chi connectivity index (χ1) is 21.6. The molecule has 46 heavy (non-hydrogen) atoms. The maximum atomic E-state index is 10.8. The third kappa shape index (κ3) is 8.45. The van der Waals surface area contributed by atoms with Crippen LogP contribution in [0.15, 0.2) is 0 Å². The van der Waals surface area contributed by atoms with Crippen molar-refractivity contribution in [1.82, 2.24) is 0 Å². The van der Waals surface area contributed by atoms with Crippen molar-refractivity contribution in [2.24, 2.45) is 17.2 Å². The Morgan fingerprint density at radius 2 is 0.761 bits per heavy atom. The van der Waals surface area contributed by atoms with E-state index in [9.17, 15) is 40.9 Å². The second-order valence-electron chi connectivity index (χ2n) is 11.3. The second kappa shape index (κ2) is 17.2. The Morgan fingerprint density at radius 1 is 0.391 bits per heavy atom. The fourth-order valence-electron chi connectivity index (χ4n) is 5.27. The Hall–Kier alpha value is -0.880. The maximum Gasteiger partial charge on any atom is 0.184 e. The molecule has 19 N–H and O–H groups in total. The van der Waals surface area contributed by atoms with Crippen LogP contribution in [-0.2, 0) is 28.4 Å². The molecule has 22 heteroatoms. The van der Waals surface area contributed by atoms with Crippen molar-refractivity contribution in [3.05, 3.63) is 0 Å². The summed E-state index contributed by atoms with van der Waals surface area (Å²) < 4.78 is 32.0. The summed E-state index contributed by atoms with van der Waals surface area (Å²) in [7, 11) is 0. The summed E-state index contributed by atoms with van der Waals surface area (Å²) in [5, 5.41) is 124. The fraction of sp³-hybridized carbons (Fsp3) is 1.00. The van der Waals surface area contributed by atoms with Crippen molar-refractivity contribution in [1.29, 1.82) is 0 Å². The number of ether oxygens (including phenoxy) is 6. The van der Waals surface area contributed by atoms with E-state index in [0.717, 1.165) is 0 Å². The number of nitrogens with two attached hydrogens (primary N) is 3. The average molecular weight is 682 g/mol. The monoisotopic (exact) mass is 681 g/mol. The van der Waals surface area contributed by atoms with Crippen LogP contribution in [0.25, 0.3) is 0 Å². The van der Waals surface area contributed by atoms with Crippen LogP contribution in [0.4, 0.5) is 0 Å². The lowest BCUT2D eigenvalue weighted by Gasteiger charge is -2.48. The molecule has 0 aromatic carbocycles. The van der Waals surface area contributed by atoms with Crippen molar-refractivity contribution < 1.29 is 94.8 Å². The topological polar surface area (TPSA) is 396 Å². The Balaban J connectivity index is 0.000000402. The molecule has 4 rings (SSSR count). The van der Waals surface area contributed by atoms with Gasteiger partial charge in [0.25, 0.3) is 0 Å². The summed E-state index contributed by atoms with van der Waals surface area (Å²) in [5.41, 5.74) is 17.6. The first kappa shape index (κ1) is 39.6. The van der Waals surface area contributed by atoms with Gasteiger partial charge in [0, 0.05) is 0 Å². The fourth-order valence-corrected chi connectivity index (χ4v) is 5.27. The first-order valence-corrected chi connectivity index (χ1v) is 14.4. The van der Waals surface area contributed by atoms with Crippen LogP contribution in [-0.4, -0.2) is 215 Å². The minimum Gasteiger partial charge on any atom is -0.394 e. The van der Waals surface area contributed by atoms with E-state index < -0.39 is 149 Å². The van der Waals surface area contributed by atoms with Gasteiger partial charge in [0.1, 0.15) is 79.4 Å². The minimum absolute atomic E-state index is 0.526. The molecule has 0 spiro atoms. The van der Waals surface area contributed by atoms with Gasteiger partial charge in [-0.3, -0.25) is 0 Å². The highest BCUT2D eigenvalue weighted by Crippen LogP contribution is 2.31. The maximum absolute atomic E-state index is 10.8. The highest BCUT2D eigenvalue weighted by molar-refractivity contribution is 4.98. The predicted molar refractivity (Wildman–Crippen MR) is 143 cm³/mol. The molecular formula is C24H47N3O19. The smallest absolute Gasteiger partial charge is 0.184 e. The van der Waals surface area contributed by atoms with Gasteiger partial charge >= 0.3 is 0 Å². The predicted octanol–water partition coefficient (Wildman–Crippen LogP) is -10.9. The average Bonchev–Trinajstić information content (AvgIpc) is 3.05. The van der Waals surface area contributed by atoms with Crippen LogP contribution in [0.1, 0.15) is 0 Å². The highest BCUT2D eigenvalue weighted by Gasteiger charge is 2.52. The third-order valence-electron chi connectivity index (χ3n) is 8.20. The number of rotatable bonds is 8. The summed E-state index contributed by atoms with van der Waals surface area (Å²) in [6.07, 6.45) is -23.8. The molecule has 0 amide bonds. The van der Waals surface area contributed by atoms with Crippen molar-refractivity contribution in [2.75, 3.05) is 26.4 Å². The van der Waals surface area contributed by atoms with Crippen LogP contribution in [0.5, 0.6) is 0 Å². The summed E-state index contributed by atoms with van der Waals surface area (Å²) in [5.74, 6) is 0. The van der Waals surface area contributed by atoms with Crippen molar-refractivity contribution in [3.63, 3.8) is 0 Å². The van der Waals surface area contributed by atoms with Crippen LogP contribution in [0.3, 0.4) is 0 Å². The van der Waals surface area contributed by atoms with E-state index in [1.807, 2.05) is 0 Å². The molecule has 4 saturated heterocycles. The van der Waals surface area contributed by atoms with E-state index >= 15 is 0 Å². The van der Waals surface area contributed by atoms with Gasteiger partial charge in [-0.15, -0.1) is 0 Å². The third-order valence-corrected chi connectivity index (χ3v) is 8.20. The van der Waals surface area contributed by atoms with E-state index in [4.69, 9.17) is 66.4 Å². The number of hydrogen-bond donors (Lipinski definition) is 16. The zero-order chi connectivity index (χ0) is 34.6. The Morgan fingerprint density at radius 3 is 1.26 bits per heavy atom. The normalized spacial score (nSPS) is 51.7. The van der Waals surface area contributed by atoms with E-state index in [1.54, 1.807) is 0 Å². The van der Waals surface area contributed by atoms with Gasteiger partial charge in [0.15, 0.2) is 25.2 Å². The molecule has 0 saturated carbocycles. The Kier molecular flexibility index (Phi) is 14.8. The molecule has 4 aliphatic rings. The molecule has 0 radical (unpaired) electrons. The van der Waals surface area contributed by atoms with Crippen LogP contribution < -0.4 is 17.2 Å². The van der Waals surface area contributed by atoms with Gasteiger partial charge in [-0.05, 0) is 0 Å². The molecule has 22 nitrogen and oxygen atoms in total. The molecular weight excluding hydrogens is 634 g/mol. The quantitative estimate of drug-likeness (QED) is 0.113. The molecule has 0 bridgehead atoms. The lowest BCUT2D eigenvalue weighted by molar-refractivity contribution is -0.348. The van der Waals surface area contributed by atoms with Crippen molar-refractivity contribution >= 4 is 0 Å². The van der Waals surface area contributed by atoms with Gasteiger partial charge < -0.3 is 112 Å². The number of aliphatic hydroxyl groups excluding tert-OH is 13. The van der Waals surface area contributed by atoms with Gasteiger partial charge in [0.2, 0.25) is 0 Å². The summed E-state index contributed by atoms with van der Waals surface area (Å²) >= 11 is 0. The van der Waals surface area contributed by atoms with Gasteiger partial charge in [0.05, 0.1) is 44.6 Å². The van der Waals surface area contributed by atoms with Gasteiger partial charge in [-0.1, -0.05) is 0 Å². The van der Waals surface area contributed by atoms with E-state index in [0.29, 0.717) is 0 Å². The zero-order valence-electron chi connectivity index (χ0n) is 24.4. The molecule has 20 atom stereocenters. The SMILES string of the molecule is NC1C(O)O[C@H](CO)C(O[C@@H]2O[C@H](CO)C(O[C@@H]3O[C@H](CO)[C@@H](O)[C@H](O)[C@H]3N)[C@H](O)C2N)C1O.OC[C@H]1OC(O)[C@H](O)[C@@H](O)[C@@H]1O. The van der Waals surface area contributed by atoms with E-state index in [2.05, 4.69) is 4.74 Å². The van der Waals surface area contributed by atoms with Gasteiger partial charge in [-0.25, -0.2) is 0 Å². The first-order valence-electron chi connectivity index (χ1n) is 14.4. The van der Waals surface area contributed by atoms with E-state index in [1.165, 1.54) is 0 Å². The molecule has 272 valence electrons. The van der Waals surface area contributed by atoms with E-state index in [-0.39, 0.29) is 0 Å². The molecule has 0 aromatic heterocycles. The molecule has 4 aliphatic heterocycles. The van der Waals surface area contributed by atoms with Crippen LogP contribution in [0, 0.1) is 0 Å². The standard InChI is InChI=1S/C18H35N3O13.C6H12O6/c19-7-12(27)14(5(2-23)30-16(7)29)33-18-9(21)13(28)15(6(3-24)32-18)34-17-8(20)11(26)10(25)4(1-22)31-17;7-1-2-3(8)4(9)5(10)6(11)12-2/h4-18,22-29H,1-3,19-21H2;2-11H,1H2/t4-,5-,6-,7?,8-,9?,10-,11-,12?,13-,14?,15?,16?,17+,18+;2-,3-,4+,5-,6?/m11/s1. The summed E-state index contributed by atoms with van der Waals surface area (Å²) in [6.45, 7) is -2.53. The molecule has 7 unspecified atom stereocenters. The lowest BCUT2D eigenvalue weighted by Crippen LogP contribution is -2.69. The highest BCUT2D eigenvalue weighted by atomic mass is 16.7. The number of aliphatic hydroxyl groups is 13. The van der Waals surface area contributed by atoms with Gasteiger partial charge in [-0.2, -0.15) is 0 Å². The zero-order valence-corrected chi connectivity index (χ0v) is 24.4. The molecule has 4 heterocycles. The number of hydrogen-bond acceptors (Lipinski definition) is 22. The second-order valence-corrected chi connectivity index (χ2v) is 11.3. The van der Waals surface area contributed by atoms with Crippen LogP contribution >= 0.6 is 0 Å². The lowest BCUT2D eigenvalue weighted by atomic mass is 9.94. The van der Waals surface area contributed by atoms with Crippen LogP contribution in [0.2, 0.25) is 0 Å². The van der Waals surface area contributed by atoms with Crippen molar-refractivity contribution in [2.45, 2.75) is 123 Å². The Labute approximate surface area is 261 Å². The summed E-state index contributed by atoms with van der Waals surface area (Å²) in [4.78, 5) is 0. The molecule has 0 aliphatic carbocycles.